The Hall–Kier alpha value is -2.57. The van der Waals surface area contributed by atoms with Crippen molar-refractivity contribution in [1.29, 1.82) is 5.41 Å². The van der Waals surface area contributed by atoms with Crippen LogP contribution in [-0.2, 0) is 14.3 Å². The van der Waals surface area contributed by atoms with Gasteiger partial charge in [-0.3, -0.25) is 15.0 Å². The average Bonchev–Trinajstić information content (AvgIpc) is 2.79. The lowest BCUT2D eigenvalue weighted by Gasteiger charge is -2.38. The molecule has 3 N–H and O–H groups in total. The van der Waals surface area contributed by atoms with E-state index in [9.17, 15) is 9.59 Å². The summed E-state index contributed by atoms with van der Waals surface area (Å²) in [6, 6.07) is 7.74. The predicted molar refractivity (Wildman–Crippen MR) is 122 cm³/mol. The molecule has 170 valence electrons. The molecule has 3 rings (SSSR count). The molecule has 2 saturated heterocycles. The Morgan fingerprint density at radius 3 is 2.26 bits per heavy atom. The Kier molecular flexibility index (Phi) is 7.93. The first kappa shape index (κ1) is 23.1. The van der Waals surface area contributed by atoms with Gasteiger partial charge in [0.2, 0.25) is 5.91 Å². The molecule has 2 aliphatic heterocycles. The minimum atomic E-state index is -0.108. The molecule has 2 heterocycles. The molecule has 1 aromatic carbocycles. The summed E-state index contributed by atoms with van der Waals surface area (Å²) in [5.41, 5.74) is 7.37. The van der Waals surface area contributed by atoms with E-state index >= 15 is 0 Å². The van der Waals surface area contributed by atoms with Gasteiger partial charge in [0.25, 0.3) is 0 Å². The van der Waals surface area contributed by atoms with Crippen LogP contribution in [0.4, 0.5) is 5.69 Å². The Bertz CT molecular complexity index is 764. The van der Waals surface area contributed by atoms with Gasteiger partial charge in [-0.2, -0.15) is 0 Å². The van der Waals surface area contributed by atoms with E-state index in [1.807, 2.05) is 43.0 Å². The molecule has 0 aliphatic carbocycles. The summed E-state index contributed by atoms with van der Waals surface area (Å²) in [7, 11) is 0. The van der Waals surface area contributed by atoms with Crippen LogP contribution in [0, 0.1) is 17.2 Å². The number of carbonyl (C=O) groups is 2. The SMILES string of the molecule is CC[C@H](C)OC(=O)CC1CCN(C(=O)C2CCN(c3ccc(C(=N)N)cc3)CC2)CC1. The minimum absolute atomic E-state index is 0.0212. The molecule has 1 aromatic rings. The molecule has 0 aromatic heterocycles. The maximum atomic E-state index is 13.0. The first-order valence-corrected chi connectivity index (χ1v) is 11.5. The van der Waals surface area contributed by atoms with Crippen molar-refractivity contribution in [3.63, 3.8) is 0 Å². The van der Waals surface area contributed by atoms with E-state index in [4.69, 9.17) is 15.9 Å². The zero-order chi connectivity index (χ0) is 22.4. The number of nitrogen functional groups attached to an aromatic ring is 1. The molecule has 0 unspecified atom stereocenters. The summed E-state index contributed by atoms with van der Waals surface area (Å²) in [5.74, 6) is 0.641. The standard InChI is InChI=1S/C24H36N4O3/c1-3-17(2)31-22(29)16-18-8-12-28(13-9-18)24(30)20-10-14-27(15-11-20)21-6-4-19(5-7-21)23(25)26/h4-7,17-18,20H,3,8-16H2,1-2H3,(H3,25,26)/t17-/m0/s1. The number of nitrogens with zero attached hydrogens (tertiary/aromatic N) is 2. The number of nitrogens with one attached hydrogen (secondary N) is 1. The average molecular weight is 429 g/mol. The maximum Gasteiger partial charge on any atom is 0.306 e. The van der Waals surface area contributed by atoms with Gasteiger partial charge in [0.05, 0.1) is 6.10 Å². The summed E-state index contributed by atoms with van der Waals surface area (Å²) in [5, 5.41) is 7.50. The van der Waals surface area contributed by atoms with Crippen LogP contribution in [0.3, 0.4) is 0 Å². The normalized spacial score (nSPS) is 19.2. The van der Waals surface area contributed by atoms with E-state index < -0.39 is 0 Å². The Labute approximate surface area is 185 Å². The number of anilines is 1. The van der Waals surface area contributed by atoms with Gasteiger partial charge in [0.1, 0.15) is 5.84 Å². The molecule has 2 fully saturated rings. The van der Waals surface area contributed by atoms with Crippen LogP contribution in [0.15, 0.2) is 24.3 Å². The predicted octanol–water partition coefficient (Wildman–Crippen LogP) is 3.16. The number of ether oxygens (including phenoxy) is 1. The fraction of sp³-hybridized carbons (Fsp3) is 0.625. The number of hydrogen-bond donors (Lipinski definition) is 2. The number of amides is 1. The van der Waals surface area contributed by atoms with Gasteiger partial charge < -0.3 is 20.3 Å². The zero-order valence-electron chi connectivity index (χ0n) is 18.8. The fourth-order valence-corrected chi connectivity index (χ4v) is 4.44. The van der Waals surface area contributed by atoms with Crippen molar-refractivity contribution in [2.75, 3.05) is 31.1 Å². The summed E-state index contributed by atoms with van der Waals surface area (Å²) >= 11 is 0. The smallest absolute Gasteiger partial charge is 0.306 e. The second kappa shape index (κ2) is 10.6. The first-order valence-electron chi connectivity index (χ1n) is 11.5. The molecule has 2 aliphatic rings. The molecule has 0 saturated carbocycles. The third-order valence-electron chi connectivity index (χ3n) is 6.68. The van der Waals surface area contributed by atoms with Crippen molar-refractivity contribution in [1.82, 2.24) is 4.90 Å². The molecule has 0 spiro atoms. The van der Waals surface area contributed by atoms with Crippen LogP contribution in [0.1, 0.15) is 57.9 Å². The van der Waals surface area contributed by atoms with Gasteiger partial charge in [0.15, 0.2) is 0 Å². The number of hydrogen-bond acceptors (Lipinski definition) is 5. The third kappa shape index (κ3) is 6.21. The Balaban J connectivity index is 1.42. The van der Waals surface area contributed by atoms with Gasteiger partial charge in [-0.1, -0.05) is 6.92 Å². The monoisotopic (exact) mass is 428 g/mol. The molecule has 7 heteroatoms. The van der Waals surface area contributed by atoms with E-state index in [1.54, 1.807) is 0 Å². The highest BCUT2D eigenvalue weighted by atomic mass is 16.5. The van der Waals surface area contributed by atoms with Crippen LogP contribution in [0.2, 0.25) is 0 Å². The van der Waals surface area contributed by atoms with Gasteiger partial charge in [0, 0.05) is 49.8 Å². The van der Waals surface area contributed by atoms with Gasteiger partial charge in [-0.05, 0) is 69.2 Å². The second-order valence-electron chi connectivity index (χ2n) is 8.90. The van der Waals surface area contributed by atoms with Crippen LogP contribution in [-0.4, -0.2) is 54.9 Å². The lowest BCUT2D eigenvalue weighted by Crippen LogP contribution is -2.45. The van der Waals surface area contributed by atoms with Crippen molar-refractivity contribution in [2.24, 2.45) is 17.6 Å². The van der Waals surface area contributed by atoms with Gasteiger partial charge in [-0.15, -0.1) is 0 Å². The van der Waals surface area contributed by atoms with Crippen molar-refractivity contribution >= 4 is 23.4 Å². The van der Waals surface area contributed by atoms with Crippen LogP contribution in [0.5, 0.6) is 0 Å². The minimum Gasteiger partial charge on any atom is -0.463 e. The van der Waals surface area contributed by atoms with E-state index in [0.717, 1.165) is 69.5 Å². The molecule has 1 atom stereocenters. The van der Waals surface area contributed by atoms with E-state index in [-0.39, 0.29) is 29.7 Å². The van der Waals surface area contributed by atoms with Gasteiger partial charge in [-0.25, -0.2) is 0 Å². The number of esters is 1. The van der Waals surface area contributed by atoms with Crippen LogP contribution in [0.25, 0.3) is 0 Å². The summed E-state index contributed by atoms with van der Waals surface area (Å²) in [6.07, 6.45) is 4.75. The zero-order valence-corrected chi connectivity index (χ0v) is 18.8. The second-order valence-corrected chi connectivity index (χ2v) is 8.90. The Morgan fingerprint density at radius 1 is 1.10 bits per heavy atom. The number of benzene rings is 1. The molecule has 1 amide bonds. The van der Waals surface area contributed by atoms with Crippen molar-refractivity contribution in [3.8, 4) is 0 Å². The third-order valence-corrected chi connectivity index (χ3v) is 6.68. The largest absolute Gasteiger partial charge is 0.463 e. The lowest BCUT2D eigenvalue weighted by atomic mass is 9.90. The molecule has 0 bridgehead atoms. The topological polar surface area (TPSA) is 99.7 Å². The maximum absolute atomic E-state index is 13.0. The molecule has 7 nitrogen and oxygen atoms in total. The molecule has 31 heavy (non-hydrogen) atoms. The number of carbonyl (C=O) groups excluding carboxylic acids is 2. The molecule has 0 radical (unpaired) electrons. The highest BCUT2D eigenvalue weighted by Gasteiger charge is 2.31. The number of amidine groups is 1. The van der Waals surface area contributed by atoms with Crippen molar-refractivity contribution in [3.05, 3.63) is 29.8 Å². The summed E-state index contributed by atoms with van der Waals surface area (Å²) in [4.78, 5) is 29.3. The van der Waals surface area contributed by atoms with E-state index in [1.165, 1.54) is 0 Å². The quantitative estimate of drug-likeness (QED) is 0.395. The van der Waals surface area contributed by atoms with E-state index in [2.05, 4.69) is 4.90 Å². The number of likely N-dealkylation sites (tertiary alicyclic amines) is 1. The number of piperidine rings is 2. The van der Waals surface area contributed by atoms with Crippen LogP contribution >= 0.6 is 0 Å². The first-order chi connectivity index (χ1) is 14.9. The molecular weight excluding hydrogens is 392 g/mol. The van der Waals surface area contributed by atoms with E-state index in [0.29, 0.717) is 12.3 Å². The Morgan fingerprint density at radius 2 is 1.71 bits per heavy atom. The molecular formula is C24H36N4O3. The highest BCUT2D eigenvalue weighted by molar-refractivity contribution is 5.95. The van der Waals surface area contributed by atoms with Crippen LogP contribution < -0.4 is 10.6 Å². The summed E-state index contributed by atoms with van der Waals surface area (Å²) in [6.45, 7) is 7.13. The highest BCUT2D eigenvalue weighted by Crippen LogP contribution is 2.28. The lowest BCUT2D eigenvalue weighted by molar-refractivity contribution is -0.150. The van der Waals surface area contributed by atoms with Gasteiger partial charge >= 0.3 is 5.97 Å². The fourth-order valence-electron chi connectivity index (χ4n) is 4.44. The van der Waals surface area contributed by atoms with Crippen molar-refractivity contribution < 1.29 is 14.3 Å². The number of nitrogens with two attached hydrogens (primary N) is 1. The van der Waals surface area contributed by atoms with Crippen molar-refractivity contribution in [2.45, 2.75) is 58.5 Å². The summed E-state index contributed by atoms with van der Waals surface area (Å²) < 4.78 is 5.40. The number of rotatable bonds is 7.